The van der Waals surface area contributed by atoms with Gasteiger partial charge in [0.2, 0.25) is 5.91 Å². The number of rotatable bonds is 6. The predicted octanol–water partition coefficient (Wildman–Crippen LogP) is 3.54. The summed E-state index contributed by atoms with van der Waals surface area (Å²) < 4.78 is 5.54. The number of benzene rings is 1. The Morgan fingerprint density at radius 3 is 2.85 bits per heavy atom. The Morgan fingerprint density at radius 1 is 1.26 bits per heavy atom. The molecule has 0 radical (unpaired) electrons. The van der Waals surface area contributed by atoms with Crippen LogP contribution in [0.1, 0.15) is 34.5 Å². The van der Waals surface area contributed by atoms with Crippen LogP contribution in [0, 0.1) is 11.8 Å². The van der Waals surface area contributed by atoms with Gasteiger partial charge in [-0.1, -0.05) is 36.1 Å². The number of para-hydroxylation sites is 1. The Bertz CT molecular complexity index is 1500. The number of pyridine rings is 1. The summed E-state index contributed by atoms with van der Waals surface area (Å²) in [4.78, 5) is 33.0. The largest absolute Gasteiger partial charge is 0.493 e. The molecule has 1 saturated heterocycles. The zero-order chi connectivity index (χ0) is 27.4. The van der Waals surface area contributed by atoms with Crippen LogP contribution in [-0.4, -0.2) is 54.1 Å². The molecule has 0 spiro atoms. The van der Waals surface area contributed by atoms with Crippen molar-refractivity contribution in [1.29, 1.82) is 0 Å². The van der Waals surface area contributed by atoms with Crippen molar-refractivity contribution in [3.63, 3.8) is 0 Å². The van der Waals surface area contributed by atoms with E-state index < -0.39 is 5.54 Å². The molecule has 2 aliphatic rings. The number of methoxy groups -OCH3 is 1. The minimum atomic E-state index is -0.687. The van der Waals surface area contributed by atoms with Crippen LogP contribution in [0.2, 0.25) is 5.02 Å². The molecule has 9 nitrogen and oxygen atoms in total. The Morgan fingerprint density at radius 2 is 2.08 bits per heavy atom. The third-order valence-electron chi connectivity index (χ3n) is 6.93. The topological polar surface area (TPSA) is 120 Å². The van der Waals surface area contributed by atoms with E-state index in [1.165, 1.54) is 6.08 Å². The monoisotopic (exact) mass is 544 g/mol. The Labute approximate surface area is 231 Å². The molecular weight excluding hydrogens is 516 g/mol. The van der Waals surface area contributed by atoms with Crippen molar-refractivity contribution < 1.29 is 14.3 Å². The number of amides is 2. The average molecular weight is 545 g/mol. The first-order chi connectivity index (χ1) is 18.9. The summed E-state index contributed by atoms with van der Waals surface area (Å²) >= 11 is 6.38. The van der Waals surface area contributed by atoms with E-state index in [-0.39, 0.29) is 11.8 Å². The Balaban J connectivity index is 1.62. The van der Waals surface area contributed by atoms with Crippen LogP contribution in [0.5, 0.6) is 5.75 Å². The van der Waals surface area contributed by atoms with Gasteiger partial charge < -0.3 is 31.0 Å². The van der Waals surface area contributed by atoms with Crippen LogP contribution >= 0.6 is 11.6 Å². The summed E-state index contributed by atoms with van der Waals surface area (Å²) in [7, 11) is 1.55. The van der Waals surface area contributed by atoms with Crippen molar-refractivity contribution in [3.05, 3.63) is 71.2 Å². The summed E-state index contributed by atoms with van der Waals surface area (Å²) in [6.45, 7) is 5.59. The molecule has 0 unspecified atom stereocenters. The van der Waals surface area contributed by atoms with Crippen LogP contribution in [0.3, 0.4) is 0 Å². The van der Waals surface area contributed by atoms with E-state index >= 15 is 0 Å². The van der Waals surface area contributed by atoms with E-state index in [4.69, 9.17) is 16.3 Å². The number of carbonyl (C=O) groups is 2. The van der Waals surface area contributed by atoms with E-state index in [2.05, 4.69) is 49.7 Å². The number of nitrogens with one attached hydrogen (secondary N) is 5. The molecule has 2 aliphatic heterocycles. The van der Waals surface area contributed by atoms with Gasteiger partial charge in [-0.05, 0) is 50.2 Å². The highest BCUT2D eigenvalue weighted by Crippen LogP contribution is 2.41. The highest BCUT2D eigenvalue weighted by atomic mass is 35.5. The molecule has 39 heavy (non-hydrogen) atoms. The van der Waals surface area contributed by atoms with Gasteiger partial charge in [0.05, 0.1) is 40.3 Å². The SMILES string of the molecule is C=CC(=O)NC1(C#Cc2cnccc2-c2[nH]c3c(c2Nc2cccc(Cl)c2OC)C(=O)NCC3)CCNCC1. The lowest BCUT2D eigenvalue weighted by atomic mass is 9.88. The molecular formula is C29H29ClN6O3. The molecule has 0 aliphatic carbocycles. The van der Waals surface area contributed by atoms with Gasteiger partial charge in [0.15, 0.2) is 5.75 Å². The smallest absolute Gasteiger partial charge is 0.255 e. The number of halogens is 1. The van der Waals surface area contributed by atoms with Crippen LogP contribution in [0.15, 0.2) is 49.3 Å². The first kappa shape index (κ1) is 26.4. The van der Waals surface area contributed by atoms with E-state index in [0.29, 0.717) is 64.8 Å². The molecule has 5 rings (SSSR count). The fraction of sp³-hybridized carbons (Fsp3) is 0.276. The summed E-state index contributed by atoms with van der Waals surface area (Å²) in [5, 5.41) is 13.1. The molecule has 1 fully saturated rings. The number of aromatic nitrogens is 2. The molecule has 1 aromatic carbocycles. The van der Waals surface area contributed by atoms with Crippen LogP contribution in [0.4, 0.5) is 11.4 Å². The number of hydrogen-bond donors (Lipinski definition) is 5. The second-order valence-corrected chi connectivity index (χ2v) is 9.78. The molecule has 4 heterocycles. The van der Waals surface area contributed by atoms with Crippen molar-refractivity contribution in [2.45, 2.75) is 24.8 Å². The Hall–Kier alpha value is -4.26. The number of ether oxygens (including phenoxy) is 1. The number of aromatic amines is 1. The second kappa shape index (κ2) is 11.2. The minimum Gasteiger partial charge on any atom is -0.493 e. The van der Waals surface area contributed by atoms with Crippen LogP contribution < -0.4 is 26.0 Å². The quantitative estimate of drug-likeness (QED) is 0.239. The maximum Gasteiger partial charge on any atom is 0.255 e. The fourth-order valence-electron chi connectivity index (χ4n) is 4.98. The van der Waals surface area contributed by atoms with Gasteiger partial charge in [0.1, 0.15) is 5.54 Å². The number of piperidine rings is 1. The van der Waals surface area contributed by atoms with Gasteiger partial charge in [-0.25, -0.2) is 0 Å². The molecule has 0 bridgehead atoms. The van der Waals surface area contributed by atoms with Gasteiger partial charge in [0, 0.05) is 36.6 Å². The molecule has 0 atom stereocenters. The standard InChI is InChI=1S/C29H29ClN6O3/c1-3-23(37)36-29(11-15-31-16-12-29)10-7-18-17-32-13-8-19(18)25-26(24-21(34-25)9-14-33-28(24)38)35-22-6-4-5-20(30)27(22)39-2/h3-6,8,13,17,31,34-35H,1,9,11-12,14-16H2,2H3,(H,33,38)(H,36,37). The van der Waals surface area contributed by atoms with Crippen molar-refractivity contribution in [2.75, 3.05) is 32.1 Å². The molecule has 0 saturated carbocycles. The van der Waals surface area contributed by atoms with Gasteiger partial charge >= 0.3 is 0 Å². The maximum atomic E-state index is 13.0. The van der Waals surface area contributed by atoms with Gasteiger partial charge in [-0.2, -0.15) is 0 Å². The summed E-state index contributed by atoms with van der Waals surface area (Å²) in [6.07, 6.45) is 6.61. The maximum absolute atomic E-state index is 13.0. The number of fused-ring (bicyclic) bond motifs is 1. The average Bonchev–Trinajstić information content (AvgIpc) is 3.32. The molecule has 2 amide bonds. The van der Waals surface area contributed by atoms with Crippen molar-refractivity contribution in [1.82, 2.24) is 25.9 Å². The molecule has 200 valence electrons. The van der Waals surface area contributed by atoms with E-state index in [1.807, 2.05) is 18.2 Å². The number of hydrogen-bond acceptors (Lipinski definition) is 6. The first-order valence-electron chi connectivity index (χ1n) is 12.7. The summed E-state index contributed by atoms with van der Waals surface area (Å²) in [6, 6.07) is 7.25. The number of anilines is 2. The third kappa shape index (κ3) is 5.35. The van der Waals surface area contributed by atoms with E-state index in [0.717, 1.165) is 24.3 Å². The summed E-state index contributed by atoms with van der Waals surface area (Å²) in [5.41, 5.74) is 3.99. The highest BCUT2D eigenvalue weighted by molar-refractivity contribution is 6.32. The zero-order valence-electron chi connectivity index (χ0n) is 21.5. The predicted molar refractivity (Wildman–Crippen MR) is 151 cm³/mol. The van der Waals surface area contributed by atoms with Gasteiger partial charge in [-0.3, -0.25) is 14.6 Å². The molecule has 5 N–H and O–H groups in total. The minimum absolute atomic E-state index is 0.176. The number of nitrogens with zero attached hydrogens (tertiary/aromatic N) is 1. The van der Waals surface area contributed by atoms with E-state index in [1.54, 1.807) is 25.6 Å². The van der Waals surface area contributed by atoms with E-state index in [9.17, 15) is 9.59 Å². The fourth-order valence-corrected chi connectivity index (χ4v) is 5.23. The molecule has 2 aromatic heterocycles. The third-order valence-corrected chi connectivity index (χ3v) is 7.23. The Kier molecular flexibility index (Phi) is 7.59. The van der Waals surface area contributed by atoms with Gasteiger partial charge in [0.25, 0.3) is 5.91 Å². The number of carbonyl (C=O) groups excluding carboxylic acids is 2. The zero-order valence-corrected chi connectivity index (χ0v) is 22.3. The molecule has 10 heteroatoms. The van der Waals surface area contributed by atoms with Crippen molar-refractivity contribution in [3.8, 4) is 28.8 Å². The van der Waals surface area contributed by atoms with Gasteiger partial charge in [-0.15, -0.1) is 0 Å². The normalized spacial score (nSPS) is 15.7. The molecule has 3 aromatic rings. The van der Waals surface area contributed by atoms with Crippen molar-refractivity contribution >= 4 is 34.8 Å². The lowest BCUT2D eigenvalue weighted by Crippen LogP contribution is -2.53. The van der Waals surface area contributed by atoms with Crippen molar-refractivity contribution in [2.24, 2.45) is 0 Å². The highest BCUT2D eigenvalue weighted by Gasteiger charge is 2.32. The van der Waals surface area contributed by atoms with Crippen LogP contribution in [-0.2, 0) is 11.2 Å². The lowest BCUT2D eigenvalue weighted by molar-refractivity contribution is -0.118. The first-order valence-corrected chi connectivity index (χ1v) is 13.1. The number of H-pyrrole nitrogens is 1. The van der Waals surface area contributed by atoms with Crippen LogP contribution in [0.25, 0.3) is 11.3 Å². The second-order valence-electron chi connectivity index (χ2n) is 9.38. The lowest BCUT2D eigenvalue weighted by Gasteiger charge is -2.33. The summed E-state index contributed by atoms with van der Waals surface area (Å²) in [5.74, 6) is 6.65.